The first-order chi connectivity index (χ1) is 7.74. The first-order valence-electron chi connectivity index (χ1n) is 5.39. The molecule has 1 aromatic rings. The third-order valence-corrected chi connectivity index (χ3v) is 4.30. The second-order valence-electron chi connectivity index (χ2n) is 4.13. The zero-order chi connectivity index (χ0) is 11.1. The Morgan fingerprint density at radius 2 is 2.56 bits per heavy atom. The molecule has 2 aliphatic rings. The summed E-state index contributed by atoms with van der Waals surface area (Å²) in [5, 5.41) is 8.12. The Morgan fingerprint density at radius 3 is 3.31 bits per heavy atom. The van der Waals surface area contributed by atoms with E-state index in [-0.39, 0.29) is 6.04 Å². The number of aromatic nitrogens is 2. The molecule has 2 aliphatic heterocycles. The monoisotopic (exact) mass is 255 g/mol. The minimum atomic E-state index is 0.145. The average molecular weight is 255 g/mol. The van der Waals surface area contributed by atoms with E-state index in [9.17, 15) is 0 Å². The van der Waals surface area contributed by atoms with E-state index in [2.05, 4.69) is 10.4 Å². The van der Waals surface area contributed by atoms with Gasteiger partial charge >= 0.3 is 0 Å². The molecule has 3 rings (SSSR count). The van der Waals surface area contributed by atoms with Crippen molar-refractivity contribution < 1.29 is 4.74 Å². The first-order valence-corrected chi connectivity index (χ1v) is 6.95. The van der Waals surface area contributed by atoms with Gasteiger partial charge < -0.3 is 10.1 Å². The highest BCUT2D eigenvalue weighted by atomic mass is 32.2. The maximum Gasteiger partial charge on any atom is 0.262 e. The number of fused-ring (bicyclic) bond motifs is 1. The predicted octanol–water partition coefficient (Wildman–Crippen LogP) is 1.89. The Kier molecular flexibility index (Phi) is 2.55. The largest absolute Gasteiger partial charge is 0.428 e. The standard InChI is InChI=1S/C10H13N3OS2/c1-6-9-8(14-10(15)11-6)4-13(12-9)7-2-3-16-5-7/h4,6-7H,2-3,5H2,1H3,(H,11,15). The first kappa shape index (κ1) is 10.4. The van der Waals surface area contributed by atoms with Crippen molar-refractivity contribution in [2.45, 2.75) is 25.4 Å². The molecule has 0 aliphatic carbocycles. The number of ether oxygens (including phenoxy) is 1. The molecule has 4 nitrogen and oxygen atoms in total. The molecule has 1 saturated heterocycles. The SMILES string of the molecule is CC1NC(=S)Oc2cn(C3CCSC3)nc21. The lowest BCUT2D eigenvalue weighted by atomic mass is 10.2. The second-order valence-corrected chi connectivity index (χ2v) is 5.65. The van der Waals surface area contributed by atoms with Crippen LogP contribution in [0.5, 0.6) is 5.75 Å². The molecule has 86 valence electrons. The van der Waals surface area contributed by atoms with E-state index in [1.165, 1.54) is 12.2 Å². The summed E-state index contributed by atoms with van der Waals surface area (Å²) in [6, 6.07) is 0.659. The highest BCUT2D eigenvalue weighted by Crippen LogP contribution is 2.33. The van der Waals surface area contributed by atoms with E-state index in [1.54, 1.807) is 0 Å². The topological polar surface area (TPSA) is 39.1 Å². The maximum absolute atomic E-state index is 5.47. The Hall–Kier alpha value is -0.750. The van der Waals surface area contributed by atoms with Crippen LogP contribution >= 0.6 is 24.0 Å². The van der Waals surface area contributed by atoms with E-state index in [0.29, 0.717) is 11.2 Å². The lowest BCUT2D eigenvalue weighted by Gasteiger charge is -2.20. The van der Waals surface area contributed by atoms with Crippen LogP contribution in [0.4, 0.5) is 0 Å². The van der Waals surface area contributed by atoms with Crippen LogP contribution in [0.25, 0.3) is 0 Å². The van der Waals surface area contributed by atoms with Crippen LogP contribution in [0, 0.1) is 0 Å². The number of rotatable bonds is 1. The number of hydrogen-bond acceptors (Lipinski definition) is 4. The lowest BCUT2D eigenvalue weighted by Crippen LogP contribution is -2.33. The fraction of sp³-hybridized carbons (Fsp3) is 0.600. The van der Waals surface area contributed by atoms with Crippen molar-refractivity contribution in [2.75, 3.05) is 11.5 Å². The molecule has 0 bridgehead atoms. The van der Waals surface area contributed by atoms with Gasteiger partial charge in [-0.15, -0.1) is 0 Å². The molecule has 1 N–H and O–H groups in total. The summed E-state index contributed by atoms with van der Waals surface area (Å²) in [6.07, 6.45) is 3.17. The van der Waals surface area contributed by atoms with E-state index in [4.69, 9.17) is 17.0 Å². The van der Waals surface area contributed by atoms with Crippen molar-refractivity contribution in [3.63, 3.8) is 0 Å². The number of nitrogens with zero attached hydrogens (tertiary/aromatic N) is 2. The van der Waals surface area contributed by atoms with Crippen LogP contribution in [-0.4, -0.2) is 26.5 Å². The molecule has 1 fully saturated rings. The van der Waals surface area contributed by atoms with Gasteiger partial charge in [0.1, 0.15) is 5.69 Å². The van der Waals surface area contributed by atoms with Gasteiger partial charge in [-0.25, -0.2) is 0 Å². The van der Waals surface area contributed by atoms with E-state index >= 15 is 0 Å². The summed E-state index contributed by atoms with van der Waals surface area (Å²) in [4.78, 5) is 0. The molecule has 1 aromatic heterocycles. The Balaban J connectivity index is 1.93. The Morgan fingerprint density at radius 1 is 1.69 bits per heavy atom. The zero-order valence-corrected chi connectivity index (χ0v) is 10.6. The summed E-state index contributed by atoms with van der Waals surface area (Å²) < 4.78 is 7.51. The molecule has 6 heteroatoms. The van der Waals surface area contributed by atoms with Crippen LogP contribution in [-0.2, 0) is 0 Å². The third kappa shape index (κ3) is 1.69. The minimum Gasteiger partial charge on any atom is -0.428 e. The fourth-order valence-corrected chi connectivity index (χ4v) is 3.52. The van der Waals surface area contributed by atoms with E-state index in [1.807, 2.05) is 29.6 Å². The van der Waals surface area contributed by atoms with Crippen LogP contribution in [0.15, 0.2) is 6.20 Å². The summed E-state index contributed by atoms with van der Waals surface area (Å²) in [5.41, 5.74) is 0.963. The normalized spacial score (nSPS) is 28.4. The van der Waals surface area contributed by atoms with Gasteiger partial charge in [-0.3, -0.25) is 4.68 Å². The highest BCUT2D eigenvalue weighted by molar-refractivity contribution is 7.99. The van der Waals surface area contributed by atoms with Crippen molar-refractivity contribution in [3.05, 3.63) is 11.9 Å². The molecule has 0 spiro atoms. The zero-order valence-electron chi connectivity index (χ0n) is 8.97. The van der Waals surface area contributed by atoms with Crippen molar-refractivity contribution in [1.82, 2.24) is 15.1 Å². The smallest absolute Gasteiger partial charge is 0.262 e. The van der Waals surface area contributed by atoms with Gasteiger partial charge in [0.2, 0.25) is 0 Å². The van der Waals surface area contributed by atoms with Crippen LogP contribution in [0.3, 0.4) is 0 Å². The fourth-order valence-electron chi connectivity index (χ4n) is 2.06. The van der Waals surface area contributed by atoms with Gasteiger partial charge in [0.25, 0.3) is 5.17 Å². The summed E-state index contributed by atoms with van der Waals surface area (Å²) >= 11 is 7.01. The van der Waals surface area contributed by atoms with Gasteiger partial charge in [-0.05, 0) is 31.3 Å². The van der Waals surface area contributed by atoms with Gasteiger partial charge in [0, 0.05) is 5.75 Å². The number of thioether (sulfide) groups is 1. The van der Waals surface area contributed by atoms with Gasteiger partial charge in [0.05, 0.1) is 18.3 Å². The minimum absolute atomic E-state index is 0.145. The predicted molar refractivity (Wildman–Crippen MR) is 68.0 cm³/mol. The quantitative estimate of drug-likeness (QED) is 0.776. The molecule has 2 unspecified atom stereocenters. The number of hydrogen-bond donors (Lipinski definition) is 1. The Bertz CT molecular complexity index is 426. The van der Waals surface area contributed by atoms with Gasteiger partial charge in [-0.2, -0.15) is 16.9 Å². The van der Waals surface area contributed by atoms with Crippen LogP contribution in [0.1, 0.15) is 31.1 Å². The maximum atomic E-state index is 5.47. The molecule has 0 amide bonds. The highest BCUT2D eigenvalue weighted by Gasteiger charge is 2.27. The molecule has 0 radical (unpaired) electrons. The van der Waals surface area contributed by atoms with Crippen LogP contribution < -0.4 is 10.1 Å². The second kappa shape index (κ2) is 3.92. The summed E-state index contributed by atoms with van der Waals surface area (Å²) in [5.74, 6) is 3.18. The number of nitrogens with one attached hydrogen (secondary N) is 1. The van der Waals surface area contributed by atoms with Crippen molar-refractivity contribution >= 4 is 29.2 Å². The van der Waals surface area contributed by atoms with Crippen molar-refractivity contribution in [1.29, 1.82) is 0 Å². The molecule has 0 saturated carbocycles. The Labute approximate surface area is 104 Å². The molecule has 2 atom stereocenters. The summed E-state index contributed by atoms with van der Waals surface area (Å²) in [7, 11) is 0. The molecule has 3 heterocycles. The van der Waals surface area contributed by atoms with Gasteiger partial charge in [0.15, 0.2) is 5.75 Å². The van der Waals surface area contributed by atoms with E-state index < -0.39 is 0 Å². The average Bonchev–Trinajstić information content (AvgIpc) is 2.82. The van der Waals surface area contributed by atoms with E-state index in [0.717, 1.165) is 17.2 Å². The van der Waals surface area contributed by atoms with Gasteiger partial charge in [-0.1, -0.05) is 0 Å². The van der Waals surface area contributed by atoms with Crippen molar-refractivity contribution in [3.8, 4) is 5.75 Å². The van der Waals surface area contributed by atoms with Crippen LogP contribution in [0.2, 0.25) is 0 Å². The molecular weight excluding hydrogens is 242 g/mol. The number of thiocarbonyl (C=S) groups is 1. The third-order valence-electron chi connectivity index (χ3n) is 2.95. The lowest BCUT2D eigenvalue weighted by molar-refractivity contribution is 0.461. The molecule has 16 heavy (non-hydrogen) atoms. The molecular formula is C10H13N3OS2. The summed E-state index contributed by atoms with van der Waals surface area (Å²) in [6.45, 7) is 2.05. The molecule has 0 aromatic carbocycles. The van der Waals surface area contributed by atoms with Crippen molar-refractivity contribution in [2.24, 2.45) is 0 Å².